The average molecular weight is 291 g/mol. The molecule has 0 atom stereocenters. The Labute approximate surface area is 121 Å². The highest BCUT2D eigenvalue weighted by atomic mass is 16.5. The predicted molar refractivity (Wildman–Crippen MR) is 70.9 cm³/mol. The number of nitrogens with zero attached hydrogens (tertiary/aromatic N) is 5. The van der Waals surface area contributed by atoms with Crippen LogP contribution in [0.4, 0.5) is 0 Å². The molecule has 1 aliphatic carbocycles. The van der Waals surface area contributed by atoms with Crippen molar-refractivity contribution in [1.82, 2.24) is 25.1 Å². The molecular formula is C13H17N5O3. The van der Waals surface area contributed by atoms with E-state index < -0.39 is 5.97 Å². The monoisotopic (exact) mass is 291 g/mol. The molecule has 8 nitrogen and oxygen atoms in total. The molecule has 0 radical (unpaired) electrons. The molecule has 0 aliphatic heterocycles. The number of carbonyl (C=O) groups is 1. The minimum atomic E-state index is -1.07. The number of carboxylic acids is 1. The molecule has 3 rings (SSSR count). The number of hydrogen-bond donors (Lipinski definition) is 1. The molecule has 0 amide bonds. The van der Waals surface area contributed by atoms with Gasteiger partial charge in [0.05, 0.1) is 5.69 Å². The van der Waals surface area contributed by atoms with Crippen LogP contribution in [0.25, 0.3) is 0 Å². The van der Waals surface area contributed by atoms with E-state index in [2.05, 4.69) is 20.5 Å². The van der Waals surface area contributed by atoms with E-state index in [-0.39, 0.29) is 12.2 Å². The van der Waals surface area contributed by atoms with Crippen molar-refractivity contribution in [2.24, 2.45) is 5.92 Å². The number of hydrogen-bond acceptors (Lipinski definition) is 6. The van der Waals surface area contributed by atoms with E-state index in [1.54, 1.807) is 0 Å². The molecule has 1 aliphatic rings. The van der Waals surface area contributed by atoms with E-state index in [9.17, 15) is 9.90 Å². The summed E-state index contributed by atoms with van der Waals surface area (Å²) < 4.78 is 6.74. The summed E-state index contributed by atoms with van der Waals surface area (Å²) in [6.07, 6.45) is 2.78. The summed E-state index contributed by atoms with van der Waals surface area (Å²) in [4.78, 5) is 15.5. The quantitative estimate of drug-likeness (QED) is 0.858. The van der Waals surface area contributed by atoms with Crippen molar-refractivity contribution in [2.75, 3.05) is 0 Å². The second kappa shape index (κ2) is 5.27. The summed E-state index contributed by atoms with van der Waals surface area (Å²) >= 11 is 0. The zero-order valence-electron chi connectivity index (χ0n) is 12.0. The van der Waals surface area contributed by atoms with Gasteiger partial charge in [0.25, 0.3) is 0 Å². The van der Waals surface area contributed by atoms with Crippen LogP contribution in [0.2, 0.25) is 0 Å². The summed E-state index contributed by atoms with van der Waals surface area (Å²) in [5, 5.41) is 20.8. The van der Waals surface area contributed by atoms with Gasteiger partial charge in [-0.25, -0.2) is 9.48 Å². The summed E-state index contributed by atoms with van der Waals surface area (Å²) in [6, 6.07) is 0. The molecular weight excluding hydrogens is 274 g/mol. The molecule has 0 aromatic carbocycles. The molecule has 1 fully saturated rings. The van der Waals surface area contributed by atoms with Gasteiger partial charge in [0.15, 0.2) is 11.5 Å². The predicted octanol–water partition coefficient (Wildman–Crippen LogP) is 1.48. The summed E-state index contributed by atoms with van der Waals surface area (Å²) in [5.74, 6) is 0.812. The van der Waals surface area contributed by atoms with Crippen LogP contribution in [0, 0.1) is 5.92 Å². The fourth-order valence-corrected chi connectivity index (χ4v) is 2.18. The Morgan fingerprint density at radius 2 is 2.24 bits per heavy atom. The number of aromatic nitrogens is 5. The van der Waals surface area contributed by atoms with Gasteiger partial charge in [-0.05, 0) is 25.2 Å². The molecule has 112 valence electrons. The lowest BCUT2D eigenvalue weighted by molar-refractivity contribution is 0.0689. The highest BCUT2D eigenvalue weighted by Gasteiger charge is 2.29. The molecule has 0 saturated heterocycles. The van der Waals surface area contributed by atoms with Crippen molar-refractivity contribution in [3.05, 3.63) is 23.1 Å². The van der Waals surface area contributed by atoms with Gasteiger partial charge in [0.2, 0.25) is 5.89 Å². The van der Waals surface area contributed by atoms with Crippen molar-refractivity contribution >= 4 is 5.97 Å². The van der Waals surface area contributed by atoms with Gasteiger partial charge in [0, 0.05) is 5.92 Å². The molecule has 21 heavy (non-hydrogen) atoms. The Morgan fingerprint density at radius 3 is 2.86 bits per heavy atom. The minimum absolute atomic E-state index is 0.00867. The molecule has 1 saturated carbocycles. The van der Waals surface area contributed by atoms with Crippen molar-refractivity contribution in [1.29, 1.82) is 0 Å². The third kappa shape index (κ3) is 2.93. The third-order valence-electron chi connectivity index (χ3n) is 3.35. The number of carboxylic acid groups (broad SMARTS) is 1. The highest BCUT2D eigenvalue weighted by Crippen LogP contribution is 2.38. The highest BCUT2D eigenvalue weighted by molar-refractivity contribution is 5.86. The van der Waals surface area contributed by atoms with Gasteiger partial charge in [-0.1, -0.05) is 24.2 Å². The van der Waals surface area contributed by atoms with Gasteiger partial charge in [-0.2, -0.15) is 4.98 Å². The van der Waals surface area contributed by atoms with Crippen molar-refractivity contribution < 1.29 is 14.4 Å². The molecule has 0 bridgehead atoms. The van der Waals surface area contributed by atoms with Crippen LogP contribution in [-0.4, -0.2) is 36.2 Å². The Bertz CT molecular complexity index is 657. The third-order valence-corrected chi connectivity index (χ3v) is 3.35. The second-order valence-electron chi connectivity index (χ2n) is 5.77. The molecule has 2 aromatic rings. The van der Waals surface area contributed by atoms with E-state index in [0.717, 1.165) is 18.7 Å². The van der Waals surface area contributed by atoms with Crippen molar-refractivity contribution in [2.45, 2.75) is 45.6 Å². The van der Waals surface area contributed by atoms with Crippen LogP contribution < -0.4 is 0 Å². The van der Waals surface area contributed by atoms with Crippen LogP contribution in [0.1, 0.15) is 60.5 Å². The lowest BCUT2D eigenvalue weighted by atomic mass is 10.1. The fraction of sp³-hybridized carbons (Fsp3) is 0.615. The van der Waals surface area contributed by atoms with Crippen LogP contribution in [0.15, 0.2) is 4.52 Å². The fourth-order valence-electron chi connectivity index (χ4n) is 2.18. The number of aromatic carboxylic acids is 1. The number of rotatable bonds is 6. The molecule has 2 heterocycles. The van der Waals surface area contributed by atoms with E-state index in [1.165, 1.54) is 4.68 Å². The van der Waals surface area contributed by atoms with E-state index >= 15 is 0 Å². The van der Waals surface area contributed by atoms with Gasteiger partial charge in [0.1, 0.15) is 6.54 Å². The van der Waals surface area contributed by atoms with E-state index in [1.807, 2.05) is 13.8 Å². The van der Waals surface area contributed by atoms with Crippen LogP contribution in [0.3, 0.4) is 0 Å². The van der Waals surface area contributed by atoms with Crippen molar-refractivity contribution in [3.63, 3.8) is 0 Å². The first-order valence-corrected chi connectivity index (χ1v) is 7.02. The Hall–Kier alpha value is -2.25. The molecule has 1 N–H and O–H groups in total. The zero-order valence-corrected chi connectivity index (χ0v) is 12.0. The maximum Gasteiger partial charge on any atom is 0.358 e. The summed E-state index contributed by atoms with van der Waals surface area (Å²) in [5.41, 5.74) is 0.578. The van der Waals surface area contributed by atoms with E-state index in [0.29, 0.717) is 29.8 Å². The first-order valence-electron chi connectivity index (χ1n) is 7.02. The smallest absolute Gasteiger partial charge is 0.358 e. The minimum Gasteiger partial charge on any atom is -0.476 e. The van der Waals surface area contributed by atoms with Gasteiger partial charge in [-0.15, -0.1) is 5.10 Å². The molecule has 0 spiro atoms. The molecule has 2 aromatic heterocycles. The standard InChI is InChI=1S/C13H17N5O3/c1-7(2)5-9-11(13(19)20)15-17-18(9)6-10-14-12(16-21-10)8-3-4-8/h7-8H,3-6H2,1-2H3,(H,19,20). The molecule has 8 heteroatoms. The van der Waals surface area contributed by atoms with Crippen LogP contribution in [-0.2, 0) is 13.0 Å². The Kier molecular flexibility index (Phi) is 3.44. The van der Waals surface area contributed by atoms with Gasteiger partial charge >= 0.3 is 5.97 Å². The first-order chi connectivity index (χ1) is 10.0. The summed E-state index contributed by atoms with van der Waals surface area (Å²) in [6.45, 7) is 4.28. The van der Waals surface area contributed by atoms with E-state index in [4.69, 9.17) is 4.52 Å². The van der Waals surface area contributed by atoms with Crippen molar-refractivity contribution in [3.8, 4) is 0 Å². The van der Waals surface area contributed by atoms with Crippen LogP contribution in [0.5, 0.6) is 0 Å². The van der Waals surface area contributed by atoms with Gasteiger partial charge in [-0.3, -0.25) is 0 Å². The second-order valence-corrected chi connectivity index (χ2v) is 5.77. The lowest BCUT2D eigenvalue weighted by Crippen LogP contribution is -2.12. The molecule has 0 unspecified atom stereocenters. The Morgan fingerprint density at radius 1 is 1.48 bits per heavy atom. The largest absolute Gasteiger partial charge is 0.476 e. The summed E-state index contributed by atoms with van der Waals surface area (Å²) in [7, 11) is 0. The first kappa shape index (κ1) is 13.7. The Balaban J connectivity index is 1.84. The lowest BCUT2D eigenvalue weighted by Gasteiger charge is -2.07. The SMILES string of the molecule is CC(C)Cc1c(C(=O)O)nnn1Cc1nc(C2CC2)no1. The maximum atomic E-state index is 11.2. The maximum absolute atomic E-state index is 11.2. The normalized spacial score (nSPS) is 14.8. The van der Waals surface area contributed by atoms with Gasteiger partial charge < -0.3 is 9.63 Å². The van der Waals surface area contributed by atoms with Crippen LogP contribution >= 0.6 is 0 Å². The average Bonchev–Trinajstić information content (AvgIpc) is 3.04. The zero-order chi connectivity index (χ0) is 15.0. The topological polar surface area (TPSA) is 107 Å².